The van der Waals surface area contributed by atoms with Gasteiger partial charge < -0.3 is 14.8 Å². The molecular formula is C21H28N2O5S. The molecule has 29 heavy (non-hydrogen) atoms. The van der Waals surface area contributed by atoms with Crippen LogP contribution in [0.2, 0.25) is 0 Å². The highest BCUT2D eigenvalue weighted by atomic mass is 32.2. The first kappa shape index (κ1) is 22.7. The lowest BCUT2D eigenvalue weighted by Gasteiger charge is -2.26. The first-order chi connectivity index (χ1) is 13.8. The van der Waals surface area contributed by atoms with E-state index in [0.717, 1.165) is 5.56 Å². The van der Waals surface area contributed by atoms with E-state index in [1.807, 2.05) is 44.2 Å². The number of sulfonamides is 1. The van der Waals surface area contributed by atoms with Crippen LogP contribution in [0.25, 0.3) is 0 Å². The van der Waals surface area contributed by atoms with Crippen molar-refractivity contribution in [3.8, 4) is 11.5 Å². The molecule has 0 spiro atoms. The summed E-state index contributed by atoms with van der Waals surface area (Å²) < 4.78 is 37.4. The predicted molar refractivity (Wildman–Crippen MR) is 113 cm³/mol. The molecule has 2 rings (SSSR count). The van der Waals surface area contributed by atoms with Crippen molar-refractivity contribution in [3.63, 3.8) is 0 Å². The van der Waals surface area contributed by atoms with Crippen LogP contribution in [0.1, 0.15) is 29.8 Å². The second-order valence-electron chi connectivity index (χ2n) is 6.77. The molecule has 0 aliphatic rings. The Morgan fingerprint density at radius 2 is 1.69 bits per heavy atom. The van der Waals surface area contributed by atoms with Gasteiger partial charge in [0.25, 0.3) is 5.91 Å². The molecular weight excluding hydrogens is 392 g/mol. The molecule has 8 heteroatoms. The Hall–Kier alpha value is -2.58. The summed E-state index contributed by atoms with van der Waals surface area (Å²) in [4.78, 5) is 12.4. The number of hydrogen-bond acceptors (Lipinski definition) is 5. The molecule has 0 radical (unpaired) electrons. The number of methoxy groups -OCH3 is 2. The lowest BCUT2D eigenvalue weighted by Crippen LogP contribution is -2.41. The second-order valence-corrected chi connectivity index (χ2v) is 8.81. The number of amides is 1. The van der Waals surface area contributed by atoms with Crippen molar-refractivity contribution in [1.82, 2.24) is 9.62 Å². The van der Waals surface area contributed by atoms with Crippen molar-refractivity contribution in [3.05, 3.63) is 59.7 Å². The third kappa shape index (κ3) is 6.20. The number of nitrogens with zero attached hydrogens (tertiary/aromatic N) is 1. The summed E-state index contributed by atoms with van der Waals surface area (Å²) in [6.45, 7) is 3.98. The topological polar surface area (TPSA) is 84.9 Å². The van der Waals surface area contributed by atoms with Gasteiger partial charge in [-0.25, -0.2) is 8.42 Å². The van der Waals surface area contributed by atoms with Crippen molar-refractivity contribution < 1.29 is 22.7 Å². The summed E-state index contributed by atoms with van der Waals surface area (Å²) in [5.41, 5.74) is 1.28. The third-order valence-electron chi connectivity index (χ3n) is 4.41. The SMILES string of the molecule is COc1ccc(C(=O)NCCS(=O)(=O)N(Cc2ccccc2)C(C)C)cc1OC. The van der Waals surface area contributed by atoms with Gasteiger partial charge in [-0.1, -0.05) is 30.3 Å². The van der Waals surface area contributed by atoms with Crippen molar-refractivity contribution in [2.75, 3.05) is 26.5 Å². The predicted octanol–water partition coefficient (Wildman–Crippen LogP) is 2.67. The van der Waals surface area contributed by atoms with Crippen LogP contribution >= 0.6 is 0 Å². The number of ether oxygens (including phenoxy) is 2. The Morgan fingerprint density at radius 3 is 2.28 bits per heavy atom. The van der Waals surface area contributed by atoms with Gasteiger partial charge in [-0.2, -0.15) is 4.31 Å². The van der Waals surface area contributed by atoms with Crippen molar-refractivity contribution >= 4 is 15.9 Å². The Bertz CT molecular complexity index is 914. The van der Waals surface area contributed by atoms with Gasteiger partial charge in [-0.3, -0.25) is 4.79 Å². The smallest absolute Gasteiger partial charge is 0.251 e. The van der Waals surface area contributed by atoms with E-state index in [0.29, 0.717) is 23.6 Å². The standard InChI is InChI=1S/C21H28N2O5S/c1-16(2)23(15-17-8-6-5-7-9-17)29(25,26)13-12-22-21(24)18-10-11-19(27-3)20(14-18)28-4/h5-11,14,16H,12-13,15H2,1-4H3,(H,22,24). The number of carbonyl (C=O) groups is 1. The molecule has 2 aromatic rings. The Balaban J connectivity index is 2.00. The average Bonchev–Trinajstić information content (AvgIpc) is 2.71. The maximum atomic E-state index is 12.8. The molecule has 7 nitrogen and oxygen atoms in total. The third-order valence-corrected chi connectivity index (χ3v) is 6.39. The first-order valence-corrected chi connectivity index (χ1v) is 10.9. The van der Waals surface area contributed by atoms with Gasteiger partial charge in [-0.05, 0) is 37.6 Å². The van der Waals surface area contributed by atoms with E-state index in [1.54, 1.807) is 18.2 Å². The number of carbonyl (C=O) groups excluding carboxylic acids is 1. The van der Waals surface area contributed by atoms with Crippen molar-refractivity contribution in [1.29, 1.82) is 0 Å². The summed E-state index contributed by atoms with van der Waals surface area (Å²) in [5.74, 6) is 0.388. The largest absolute Gasteiger partial charge is 0.493 e. The van der Waals surface area contributed by atoms with E-state index < -0.39 is 10.0 Å². The number of benzene rings is 2. The Labute approximate surface area is 172 Å². The maximum Gasteiger partial charge on any atom is 0.251 e. The number of rotatable bonds is 10. The summed E-state index contributed by atoms with van der Waals surface area (Å²) in [6, 6.07) is 14.0. The second kappa shape index (κ2) is 10.3. The molecule has 1 N–H and O–H groups in total. The van der Waals surface area contributed by atoms with E-state index >= 15 is 0 Å². The monoisotopic (exact) mass is 420 g/mol. The van der Waals surface area contributed by atoms with Gasteiger partial charge in [0, 0.05) is 24.7 Å². The summed E-state index contributed by atoms with van der Waals surface area (Å²) >= 11 is 0. The molecule has 0 unspecified atom stereocenters. The van der Waals surface area contributed by atoms with E-state index in [2.05, 4.69) is 5.32 Å². The molecule has 158 valence electrons. The van der Waals surface area contributed by atoms with E-state index in [4.69, 9.17) is 9.47 Å². The lowest BCUT2D eigenvalue weighted by molar-refractivity contribution is 0.0955. The molecule has 0 heterocycles. The van der Waals surface area contributed by atoms with Gasteiger partial charge in [0.2, 0.25) is 10.0 Å². The first-order valence-electron chi connectivity index (χ1n) is 9.32. The normalized spacial score (nSPS) is 11.5. The summed E-state index contributed by atoms with van der Waals surface area (Å²) in [6.07, 6.45) is 0. The van der Waals surface area contributed by atoms with Gasteiger partial charge in [0.15, 0.2) is 11.5 Å². The van der Waals surface area contributed by atoms with Crippen LogP contribution in [0.15, 0.2) is 48.5 Å². The molecule has 0 aliphatic heterocycles. The van der Waals surface area contributed by atoms with Gasteiger partial charge in [0.05, 0.1) is 20.0 Å². The fraction of sp³-hybridized carbons (Fsp3) is 0.381. The minimum absolute atomic E-state index is 0.00746. The fourth-order valence-corrected chi connectivity index (χ4v) is 4.44. The maximum absolute atomic E-state index is 12.8. The highest BCUT2D eigenvalue weighted by Crippen LogP contribution is 2.27. The fourth-order valence-electron chi connectivity index (χ4n) is 2.86. The molecule has 2 aromatic carbocycles. The zero-order valence-corrected chi connectivity index (χ0v) is 18.0. The highest BCUT2D eigenvalue weighted by Gasteiger charge is 2.25. The van der Waals surface area contributed by atoms with E-state index in [-0.39, 0.29) is 24.2 Å². The zero-order chi connectivity index (χ0) is 21.4. The quantitative estimate of drug-likeness (QED) is 0.639. The summed E-state index contributed by atoms with van der Waals surface area (Å²) in [5, 5.41) is 2.66. The molecule has 0 atom stereocenters. The molecule has 0 aromatic heterocycles. The molecule has 0 aliphatic carbocycles. The van der Waals surface area contributed by atoms with Crippen LogP contribution in [0.5, 0.6) is 11.5 Å². The number of nitrogens with one attached hydrogen (secondary N) is 1. The number of hydrogen-bond donors (Lipinski definition) is 1. The van der Waals surface area contributed by atoms with Crippen LogP contribution in [-0.2, 0) is 16.6 Å². The lowest BCUT2D eigenvalue weighted by atomic mass is 10.2. The highest BCUT2D eigenvalue weighted by molar-refractivity contribution is 7.89. The minimum atomic E-state index is -3.55. The molecule has 0 saturated carbocycles. The van der Waals surface area contributed by atoms with Gasteiger partial charge in [0.1, 0.15) is 0 Å². The van der Waals surface area contributed by atoms with Crippen LogP contribution in [-0.4, -0.2) is 51.2 Å². The van der Waals surface area contributed by atoms with Gasteiger partial charge in [-0.15, -0.1) is 0 Å². The van der Waals surface area contributed by atoms with Crippen molar-refractivity contribution in [2.45, 2.75) is 26.4 Å². The minimum Gasteiger partial charge on any atom is -0.493 e. The van der Waals surface area contributed by atoms with Crippen LogP contribution < -0.4 is 14.8 Å². The molecule has 0 bridgehead atoms. The van der Waals surface area contributed by atoms with Crippen molar-refractivity contribution in [2.24, 2.45) is 0 Å². The van der Waals surface area contributed by atoms with Crippen LogP contribution in [0, 0.1) is 0 Å². The van der Waals surface area contributed by atoms with Crippen LogP contribution in [0.3, 0.4) is 0 Å². The van der Waals surface area contributed by atoms with Gasteiger partial charge >= 0.3 is 0 Å². The Morgan fingerprint density at radius 1 is 1.03 bits per heavy atom. The summed E-state index contributed by atoms with van der Waals surface area (Å²) in [7, 11) is -0.550. The molecule has 0 saturated heterocycles. The van der Waals surface area contributed by atoms with E-state index in [9.17, 15) is 13.2 Å². The van der Waals surface area contributed by atoms with E-state index in [1.165, 1.54) is 18.5 Å². The molecule has 0 fully saturated rings. The molecule has 1 amide bonds. The van der Waals surface area contributed by atoms with Crippen LogP contribution in [0.4, 0.5) is 0 Å². The average molecular weight is 421 g/mol. The zero-order valence-electron chi connectivity index (χ0n) is 17.2. The Kier molecular flexibility index (Phi) is 8.04.